The summed E-state index contributed by atoms with van der Waals surface area (Å²) in [5.41, 5.74) is 0. The molecule has 0 saturated heterocycles. The van der Waals surface area contributed by atoms with Crippen LogP contribution in [0.5, 0.6) is 0 Å². The molecule has 0 radical (unpaired) electrons. The predicted molar refractivity (Wildman–Crippen MR) is 72.7 cm³/mol. The molecule has 0 bridgehead atoms. The first kappa shape index (κ1) is 14.0. The molecule has 1 saturated carbocycles. The maximum absolute atomic E-state index is 3.76. The topological polar surface area (TPSA) is 12.0 Å². The molecule has 1 aliphatic carbocycles. The van der Waals surface area contributed by atoms with Crippen molar-refractivity contribution in [2.45, 2.75) is 78.2 Å². The molecule has 16 heavy (non-hydrogen) atoms. The van der Waals surface area contributed by atoms with Crippen LogP contribution in [0.15, 0.2) is 0 Å². The van der Waals surface area contributed by atoms with Crippen LogP contribution in [0.25, 0.3) is 0 Å². The Hall–Kier alpha value is -0.0400. The van der Waals surface area contributed by atoms with Gasteiger partial charge in [-0.3, -0.25) is 0 Å². The second kappa shape index (κ2) is 8.11. The molecule has 0 heterocycles. The Bertz CT molecular complexity index is 165. The zero-order chi connectivity index (χ0) is 11.8. The second-order valence-electron chi connectivity index (χ2n) is 6.02. The van der Waals surface area contributed by atoms with E-state index in [1.54, 1.807) is 0 Å². The summed E-state index contributed by atoms with van der Waals surface area (Å²) in [6, 6.07) is 0.828. The predicted octanol–water partition coefficient (Wildman–Crippen LogP) is 4.37. The fraction of sp³-hybridized carbons (Fsp3) is 1.00. The van der Waals surface area contributed by atoms with Crippen molar-refractivity contribution in [1.82, 2.24) is 5.32 Å². The molecule has 2 unspecified atom stereocenters. The van der Waals surface area contributed by atoms with E-state index < -0.39 is 0 Å². The molecule has 0 aromatic heterocycles. The van der Waals surface area contributed by atoms with Gasteiger partial charge in [0, 0.05) is 6.04 Å². The van der Waals surface area contributed by atoms with Crippen molar-refractivity contribution in [3.63, 3.8) is 0 Å². The number of unbranched alkanes of at least 4 members (excludes halogenated alkanes) is 2. The summed E-state index contributed by atoms with van der Waals surface area (Å²) < 4.78 is 0. The summed E-state index contributed by atoms with van der Waals surface area (Å²) in [6.45, 7) is 8.24. The standard InChI is InChI=1S/C15H31N/c1-4-5-6-10-16-15-9-7-8-14(12-15)11-13(2)3/h13-16H,4-12H2,1-3H3. The normalized spacial score (nSPS) is 26.2. The minimum atomic E-state index is 0.828. The van der Waals surface area contributed by atoms with Crippen LogP contribution in [-0.2, 0) is 0 Å². The first-order valence-corrected chi connectivity index (χ1v) is 7.45. The van der Waals surface area contributed by atoms with Crippen molar-refractivity contribution < 1.29 is 0 Å². The van der Waals surface area contributed by atoms with Gasteiger partial charge in [0.05, 0.1) is 0 Å². The van der Waals surface area contributed by atoms with Gasteiger partial charge in [0.25, 0.3) is 0 Å². The molecule has 2 atom stereocenters. The molecule has 1 rings (SSSR count). The third kappa shape index (κ3) is 5.89. The third-order valence-electron chi connectivity index (χ3n) is 3.80. The van der Waals surface area contributed by atoms with E-state index in [2.05, 4.69) is 26.1 Å². The first-order valence-electron chi connectivity index (χ1n) is 7.45. The van der Waals surface area contributed by atoms with Crippen molar-refractivity contribution in [1.29, 1.82) is 0 Å². The smallest absolute Gasteiger partial charge is 0.00697 e. The van der Waals surface area contributed by atoms with E-state index >= 15 is 0 Å². The summed E-state index contributed by atoms with van der Waals surface area (Å²) in [4.78, 5) is 0. The summed E-state index contributed by atoms with van der Waals surface area (Å²) in [5, 5.41) is 3.76. The van der Waals surface area contributed by atoms with Gasteiger partial charge >= 0.3 is 0 Å². The van der Waals surface area contributed by atoms with Gasteiger partial charge in [-0.1, -0.05) is 46.5 Å². The van der Waals surface area contributed by atoms with Gasteiger partial charge < -0.3 is 5.32 Å². The van der Waals surface area contributed by atoms with E-state index in [0.717, 1.165) is 17.9 Å². The summed E-state index contributed by atoms with van der Waals surface area (Å²) in [5.74, 6) is 1.88. The highest BCUT2D eigenvalue weighted by molar-refractivity contribution is 4.78. The van der Waals surface area contributed by atoms with Crippen LogP contribution < -0.4 is 5.32 Å². The van der Waals surface area contributed by atoms with Crippen LogP contribution in [0.3, 0.4) is 0 Å². The molecule has 1 fully saturated rings. The minimum absolute atomic E-state index is 0.828. The first-order chi connectivity index (χ1) is 7.72. The van der Waals surface area contributed by atoms with Gasteiger partial charge in [0.2, 0.25) is 0 Å². The van der Waals surface area contributed by atoms with E-state index in [1.165, 1.54) is 57.9 Å². The molecule has 0 spiro atoms. The van der Waals surface area contributed by atoms with E-state index in [9.17, 15) is 0 Å². The number of hydrogen-bond donors (Lipinski definition) is 1. The molecule has 0 aromatic carbocycles. The number of nitrogens with one attached hydrogen (secondary N) is 1. The van der Waals surface area contributed by atoms with Crippen LogP contribution >= 0.6 is 0 Å². The van der Waals surface area contributed by atoms with Gasteiger partial charge in [-0.25, -0.2) is 0 Å². The Kier molecular flexibility index (Phi) is 7.11. The Morgan fingerprint density at radius 1 is 1.19 bits per heavy atom. The van der Waals surface area contributed by atoms with E-state index in [1.807, 2.05) is 0 Å². The Morgan fingerprint density at radius 3 is 2.69 bits per heavy atom. The highest BCUT2D eigenvalue weighted by Crippen LogP contribution is 2.29. The lowest BCUT2D eigenvalue weighted by Crippen LogP contribution is -2.35. The maximum Gasteiger partial charge on any atom is 0.00697 e. The Labute approximate surface area is 102 Å². The van der Waals surface area contributed by atoms with E-state index in [-0.39, 0.29) is 0 Å². The van der Waals surface area contributed by atoms with Crippen molar-refractivity contribution >= 4 is 0 Å². The van der Waals surface area contributed by atoms with Gasteiger partial charge in [-0.05, 0) is 44.1 Å². The van der Waals surface area contributed by atoms with Gasteiger partial charge in [-0.2, -0.15) is 0 Å². The Balaban J connectivity index is 2.12. The lowest BCUT2D eigenvalue weighted by Gasteiger charge is -2.31. The quantitative estimate of drug-likeness (QED) is 0.634. The molecule has 0 aliphatic heterocycles. The molecular weight excluding hydrogens is 194 g/mol. The SMILES string of the molecule is CCCCCNC1CCCC(CC(C)C)C1. The van der Waals surface area contributed by atoms with Gasteiger partial charge in [0.1, 0.15) is 0 Å². The average molecular weight is 225 g/mol. The van der Waals surface area contributed by atoms with Gasteiger partial charge in [0.15, 0.2) is 0 Å². The number of hydrogen-bond acceptors (Lipinski definition) is 1. The molecule has 1 aliphatic rings. The van der Waals surface area contributed by atoms with Crippen LogP contribution in [0.1, 0.15) is 72.1 Å². The fourth-order valence-electron chi connectivity index (χ4n) is 3.04. The maximum atomic E-state index is 3.76. The van der Waals surface area contributed by atoms with Crippen molar-refractivity contribution in [2.75, 3.05) is 6.54 Å². The van der Waals surface area contributed by atoms with E-state index in [4.69, 9.17) is 0 Å². The zero-order valence-electron chi connectivity index (χ0n) is 11.6. The molecule has 1 heteroatoms. The minimum Gasteiger partial charge on any atom is -0.314 e. The number of rotatable bonds is 7. The van der Waals surface area contributed by atoms with Crippen LogP contribution in [0.2, 0.25) is 0 Å². The highest BCUT2D eigenvalue weighted by atomic mass is 14.9. The zero-order valence-corrected chi connectivity index (χ0v) is 11.6. The van der Waals surface area contributed by atoms with Crippen molar-refractivity contribution in [3.8, 4) is 0 Å². The monoisotopic (exact) mass is 225 g/mol. The molecular formula is C15H31N. The Morgan fingerprint density at radius 2 is 2.00 bits per heavy atom. The van der Waals surface area contributed by atoms with Crippen LogP contribution in [0, 0.1) is 11.8 Å². The summed E-state index contributed by atoms with van der Waals surface area (Å²) >= 11 is 0. The third-order valence-corrected chi connectivity index (χ3v) is 3.80. The molecule has 1 nitrogen and oxygen atoms in total. The fourth-order valence-corrected chi connectivity index (χ4v) is 3.04. The second-order valence-corrected chi connectivity index (χ2v) is 6.02. The van der Waals surface area contributed by atoms with Crippen LogP contribution in [0.4, 0.5) is 0 Å². The highest BCUT2D eigenvalue weighted by Gasteiger charge is 2.21. The van der Waals surface area contributed by atoms with Gasteiger partial charge in [-0.15, -0.1) is 0 Å². The molecule has 96 valence electrons. The van der Waals surface area contributed by atoms with Crippen LogP contribution in [-0.4, -0.2) is 12.6 Å². The average Bonchev–Trinajstić information content (AvgIpc) is 2.24. The lowest BCUT2D eigenvalue weighted by atomic mass is 9.81. The van der Waals surface area contributed by atoms with Crippen molar-refractivity contribution in [3.05, 3.63) is 0 Å². The largest absolute Gasteiger partial charge is 0.314 e. The summed E-state index contributed by atoms with van der Waals surface area (Å²) in [6.07, 6.45) is 11.3. The molecule has 0 aromatic rings. The van der Waals surface area contributed by atoms with Crippen molar-refractivity contribution in [2.24, 2.45) is 11.8 Å². The summed E-state index contributed by atoms with van der Waals surface area (Å²) in [7, 11) is 0. The molecule has 0 amide bonds. The lowest BCUT2D eigenvalue weighted by molar-refractivity contribution is 0.252. The molecule has 1 N–H and O–H groups in total. The van der Waals surface area contributed by atoms with E-state index in [0.29, 0.717) is 0 Å².